The van der Waals surface area contributed by atoms with Gasteiger partial charge < -0.3 is 15.0 Å². The minimum absolute atomic E-state index is 0.138. The number of nitrogens with one attached hydrogen (secondary N) is 2. The summed E-state index contributed by atoms with van der Waals surface area (Å²) in [5.41, 5.74) is 1.86. The minimum atomic E-state index is 0.138. The Balaban J connectivity index is 1.74. The second kappa shape index (κ2) is 6.80. The van der Waals surface area contributed by atoms with Crippen LogP contribution in [0.25, 0.3) is 10.9 Å². The van der Waals surface area contributed by atoms with Crippen molar-refractivity contribution in [3.05, 3.63) is 35.7 Å². The second-order valence-electron chi connectivity index (χ2n) is 5.31. The fourth-order valence-corrected chi connectivity index (χ4v) is 2.21. The normalized spacial score (nSPS) is 11.1. The molecule has 0 fully saturated rings. The number of fused-ring (bicyclic) bond motifs is 1. The van der Waals surface area contributed by atoms with E-state index in [2.05, 4.69) is 25.5 Å². The molecule has 7 nitrogen and oxygen atoms in total. The first-order valence-electron chi connectivity index (χ1n) is 7.12. The summed E-state index contributed by atoms with van der Waals surface area (Å²) in [6.07, 6.45) is 1.77. The van der Waals surface area contributed by atoms with E-state index in [0.29, 0.717) is 18.3 Å². The van der Waals surface area contributed by atoms with Gasteiger partial charge in [0.1, 0.15) is 12.4 Å². The molecule has 3 rings (SSSR count). The van der Waals surface area contributed by atoms with E-state index in [1.165, 1.54) is 0 Å². The van der Waals surface area contributed by atoms with Gasteiger partial charge in [-0.3, -0.25) is 5.10 Å². The maximum absolute atomic E-state index is 5.97. The average molecular weight is 333 g/mol. The van der Waals surface area contributed by atoms with E-state index in [-0.39, 0.29) is 5.28 Å². The highest BCUT2D eigenvalue weighted by atomic mass is 35.5. The maximum atomic E-state index is 5.97. The van der Waals surface area contributed by atoms with Crippen LogP contribution in [0.1, 0.15) is 0 Å². The van der Waals surface area contributed by atoms with Crippen molar-refractivity contribution in [2.75, 3.05) is 32.6 Å². The van der Waals surface area contributed by atoms with Crippen LogP contribution in [0.15, 0.2) is 30.5 Å². The fourth-order valence-electron chi connectivity index (χ4n) is 2.04. The van der Waals surface area contributed by atoms with Crippen molar-refractivity contribution in [3.8, 4) is 5.88 Å². The summed E-state index contributed by atoms with van der Waals surface area (Å²) in [5.74, 6) is 1.02. The molecule has 2 N–H and O–H groups in total. The van der Waals surface area contributed by atoms with Crippen LogP contribution in [-0.4, -0.2) is 52.3 Å². The van der Waals surface area contributed by atoms with Gasteiger partial charge in [0.2, 0.25) is 11.2 Å². The lowest BCUT2D eigenvalue weighted by molar-refractivity contribution is 0.253. The highest BCUT2D eigenvalue weighted by molar-refractivity contribution is 6.28. The van der Waals surface area contributed by atoms with Crippen LogP contribution < -0.4 is 10.1 Å². The number of halogens is 1. The highest BCUT2D eigenvalue weighted by Crippen LogP contribution is 2.23. The summed E-state index contributed by atoms with van der Waals surface area (Å²) in [6.45, 7) is 1.32. The lowest BCUT2D eigenvalue weighted by atomic mass is 10.2. The molecule has 0 aliphatic carbocycles. The van der Waals surface area contributed by atoms with Crippen molar-refractivity contribution in [1.82, 2.24) is 25.1 Å². The number of nitrogens with zero attached hydrogens (tertiary/aromatic N) is 4. The maximum Gasteiger partial charge on any atom is 0.227 e. The molecular formula is C15H17ClN6O. The average Bonchev–Trinajstić information content (AvgIpc) is 2.94. The van der Waals surface area contributed by atoms with Crippen molar-refractivity contribution in [1.29, 1.82) is 0 Å². The lowest BCUT2D eigenvalue weighted by Crippen LogP contribution is -2.19. The van der Waals surface area contributed by atoms with Crippen LogP contribution in [0.3, 0.4) is 0 Å². The summed E-state index contributed by atoms with van der Waals surface area (Å²) in [5, 5.41) is 11.3. The van der Waals surface area contributed by atoms with Gasteiger partial charge in [0.15, 0.2) is 0 Å². The monoisotopic (exact) mass is 332 g/mol. The quantitative estimate of drug-likeness (QED) is 0.676. The van der Waals surface area contributed by atoms with E-state index in [1.807, 2.05) is 37.2 Å². The molecule has 0 atom stereocenters. The van der Waals surface area contributed by atoms with Gasteiger partial charge >= 0.3 is 0 Å². The highest BCUT2D eigenvalue weighted by Gasteiger charge is 2.06. The number of hydrogen-bond donors (Lipinski definition) is 2. The third-order valence-electron chi connectivity index (χ3n) is 3.18. The standard InChI is InChI=1S/C15H17ClN6O/c1-22(2)5-6-23-14-8-13(19-15(16)20-14)18-11-3-4-12-10(7-11)9-17-21-12/h3-4,7-9H,5-6H2,1-2H3,(H,17,21)(H,18,19,20). The van der Waals surface area contributed by atoms with Crippen LogP contribution >= 0.6 is 11.6 Å². The molecule has 0 amide bonds. The Morgan fingerprint density at radius 1 is 1.26 bits per heavy atom. The molecule has 23 heavy (non-hydrogen) atoms. The Kier molecular flexibility index (Phi) is 4.59. The number of benzene rings is 1. The predicted octanol–water partition coefficient (Wildman–Crippen LogP) is 2.69. The number of anilines is 2. The first-order valence-corrected chi connectivity index (χ1v) is 7.50. The van der Waals surface area contributed by atoms with Crippen molar-refractivity contribution in [3.63, 3.8) is 0 Å². The van der Waals surface area contributed by atoms with Gasteiger partial charge in [-0.05, 0) is 43.9 Å². The first kappa shape index (κ1) is 15.5. The zero-order valence-corrected chi connectivity index (χ0v) is 13.6. The fraction of sp³-hybridized carbons (Fsp3) is 0.267. The van der Waals surface area contributed by atoms with Gasteiger partial charge in [-0.25, -0.2) is 4.98 Å². The zero-order chi connectivity index (χ0) is 16.2. The van der Waals surface area contributed by atoms with Crippen LogP contribution in [0, 0.1) is 0 Å². The van der Waals surface area contributed by atoms with Crippen LogP contribution in [0.5, 0.6) is 5.88 Å². The number of H-pyrrole nitrogens is 1. The number of aromatic nitrogens is 4. The topological polar surface area (TPSA) is 79.0 Å². The molecule has 0 radical (unpaired) electrons. The number of ether oxygens (including phenoxy) is 1. The van der Waals surface area contributed by atoms with Crippen LogP contribution in [-0.2, 0) is 0 Å². The first-order chi connectivity index (χ1) is 11.1. The van der Waals surface area contributed by atoms with E-state index in [0.717, 1.165) is 23.1 Å². The summed E-state index contributed by atoms with van der Waals surface area (Å²) >= 11 is 5.97. The molecular weight excluding hydrogens is 316 g/mol. The van der Waals surface area contributed by atoms with E-state index in [1.54, 1.807) is 12.3 Å². The molecule has 8 heteroatoms. The van der Waals surface area contributed by atoms with Crippen molar-refractivity contribution >= 4 is 34.0 Å². The summed E-state index contributed by atoms with van der Waals surface area (Å²) < 4.78 is 5.60. The molecule has 120 valence electrons. The van der Waals surface area contributed by atoms with Gasteiger partial charge in [-0.15, -0.1) is 0 Å². The molecule has 0 bridgehead atoms. The van der Waals surface area contributed by atoms with E-state index < -0.39 is 0 Å². The number of rotatable bonds is 6. The van der Waals surface area contributed by atoms with Gasteiger partial charge in [0.05, 0.1) is 11.7 Å². The van der Waals surface area contributed by atoms with Crippen LogP contribution in [0.4, 0.5) is 11.5 Å². The van der Waals surface area contributed by atoms with Gasteiger partial charge in [0, 0.05) is 23.7 Å². The third-order valence-corrected chi connectivity index (χ3v) is 3.35. The summed E-state index contributed by atoms with van der Waals surface area (Å²) in [4.78, 5) is 10.3. The van der Waals surface area contributed by atoms with E-state index in [9.17, 15) is 0 Å². The molecule has 0 saturated heterocycles. The number of hydrogen-bond acceptors (Lipinski definition) is 6. The predicted molar refractivity (Wildman–Crippen MR) is 90.5 cm³/mol. The molecule has 3 aromatic rings. The third kappa shape index (κ3) is 4.08. The molecule has 2 aromatic heterocycles. The Morgan fingerprint density at radius 2 is 2.13 bits per heavy atom. The number of aromatic amines is 1. The summed E-state index contributed by atoms with van der Waals surface area (Å²) in [7, 11) is 3.96. The lowest BCUT2D eigenvalue weighted by Gasteiger charge is -2.11. The molecule has 0 spiro atoms. The summed E-state index contributed by atoms with van der Waals surface area (Å²) in [6, 6.07) is 7.58. The van der Waals surface area contributed by atoms with Gasteiger partial charge in [0.25, 0.3) is 0 Å². The zero-order valence-electron chi connectivity index (χ0n) is 12.9. The van der Waals surface area contributed by atoms with Gasteiger partial charge in [-0.1, -0.05) is 0 Å². The van der Waals surface area contributed by atoms with Crippen molar-refractivity contribution in [2.24, 2.45) is 0 Å². The molecule has 0 aliphatic heterocycles. The largest absolute Gasteiger partial charge is 0.476 e. The number of likely N-dealkylation sites (N-methyl/N-ethyl adjacent to an activating group) is 1. The Labute approximate surface area is 138 Å². The van der Waals surface area contributed by atoms with Crippen molar-refractivity contribution in [2.45, 2.75) is 0 Å². The minimum Gasteiger partial charge on any atom is -0.476 e. The Morgan fingerprint density at radius 3 is 2.96 bits per heavy atom. The second-order valence-corrected chi connectivity index (χ2v) is 5.65. The van der Waals surface area contributed by atoms with Gasteiger partial charge in [-0.2, -0.15) is 10.1 Å². The van der Waals surface area contributed by atoms with E-state index >= 15 is 0 Å². The van der Waals surface area contributed by atoms with Crippen LogP contribution in [0.2, 0.25) is 5.28 Å². The molecule has 0 saturated carbocycles. The Bertz CT molecular complexity index is 804. The molecule has 2 heterocycles. The smallest absolute Gasteiger partial charge is 0.227 e. The van der Waals surface area contributed by atoms with Crippen molar-refractivity contribution < 1.29 is 4.74 Å². The molecule has 0 unspecified atom stereocenters. The van der Waals surface area contributed by atoms with E-state index in [4.69, 9.17) is 16.3 Å². The Hall–Kier alpha value is -2.38. The molecule has 1 aromatic carbocycles. The molecule has 0 aliphatic rings. The SMILES string of the molecule is CN(C)CCOc1cc(Nc2ccc3[nH]ncc3c2)nc(Cl)n1.